The fraction of sp³-hybridized carbons (Fsp3) is 0.0909. The van der Waals surface area contributed by atoms with Gasteiger partial charge in [0.2, 0.25) is 0 Å². The van der Waals surface area contributed by atoms with Gasteiger partial charge in [-0.25, -0.2) is 4.21 Å². The average molecular weight is 252 g/mol. The molecule has 2 N–H and O–H groups in total. The normalized spacial score (nSPS) is 12.5. The van der Waals surface area contributed by atoms with Crippen LogP contribution >= 0.6 is 0 Å². The Balaban J connectivity index is 2.31. The molecule has 2 rings (SSSR count). The lowest BCUT2D eigenvalue weighted by Crippen LogP contribution is -2.08. The van der Waals surface area contributed by atoms with Crippen LogP contribution in [0.25, 0.3) is 10.8 Å². The van der Waals surface area contributed by atoms with Crippen LogP contribution in [0.1, 0.15) is 0 Å². The van der Waals surface area contributed by atoms with Crippen LogP contribution in [0.2, 0.25) is 0 Å². The van der Waals surface area contributed by atoms with Crippen molar-refractivity contribution in [2.24, 2.45) is 0 Å². The quantitative estimate of drug-likeness (QED) is 0.492. The summed E-state index contributed by atoms with van der Waals surface area (Å²) in [6, 6.07) is 10.8. The lowest BCUT2D eigenvalue weighted by molar-refractivity contribution is 0.322. The number of nitrogens with one attached hydrogen (secondary N) is 1. The number of aromatic hydroxyl groups is 1. The van der Waals surface area contributed by atoms with E-state index in [0.717, 1.165) is 10.8 Å². The summed E-state index contributed by atoms with van der Waals surface area (Å²) in [5, 5.41) is 14.2. The maximum Gasteiger partial charge on any atom is 0.139 e. The van der Waals surface area contributed by atoms with Gasteiger partial charge in [-0.3, -0.25) is 4.18 Å². The van der Waals surface area contributed by atoms with Crippen molar-refractivity contribution in [2.45, 2.75) is 0 Å². The molecular weight excluding hydrogens is 242 g/mol. The molecular formula is C11H10NO4S-. The number of anilines is 1. The zero-order chi connectivity index (χ0) is 12.3. The van der Waals surface area contributed by atoms with Gasteiger partial charge in [-0.15, -0.1) is 0 Å². The smallest absolute Gasteiger partial charge is 0.139 e. The molecule has 5 nitrogen and oxygen atoms in total. The Morgan fingerprint density at radius 2 is 2.06 bits per heavy atom. The van der Waals surface area contributed by atoms with Crippen LogP contribution in [0.4, 0.5) is 5.69 Å². The van der Waals surface area contributed by atoms with Crippen LogP contribution < -0.4 is 5.32 Å². The second-order valence-electron chi connectivity index (χ2n) is 3.32. The van der Waals surface area contributed by atoms with Crippen LogP contribution in [0.5, 0.6) is 5.75 Å². The van der Waals surface area contributed by atoms with Crippen LogP contribution in [0, 0.1) is 0 Å². The highest BCUT2D eigenvalue weighted by Crippen LogP contribution is 2.31. The molecule has 90 valence electrons. The van der Waals surface area contributed by atoms with Gasteiger partial charge in [0.15, 0.2) is 0 Å². The first-order chi connectivity index (χ1) is 8.18. The van der Waals surface area contributed by atoms with Crippen molar-refractivity contribution >= 4 is 27.8 Å². The molecule has 2 aromatic carbocycles. The van der Waals surface area contributed by atoms with E-state index in [1.807, 2.05) is 24.3 Å². The zero-order valence-corrected chi connectivity index (χ0v) is 9.57. The van der Waals surface area contributed by atoms with E-state index in [0.29, 0.717) is 5.69 Å². The maximum atomic E-state index is 10.2. The fourth-order valence-corrected chi connectivity index (χ4v) is 1.75. The molecule has 0 radical (unpaired) electrons. The summed E-state index contributed by atoms with van der Waals surface area (Å²) in [5.74, 6) is 0.0454. The molecule has 0 amide bonds. The summed E-state index contributed by atoms with van der Waals surface area (Å²) < 4.78 is 24.8. The van der Waals surface area contributed by atoms with E-state index >= 15 is 0 Å². The lowest BCUT2D eigenvalue weighted by Gasteiger charge is -2.12. The van der Waals surface area contributed by atoms with Crippen LogP contribution in [-0.2, 0) is 15.5 Å². The standard InChI is InChI=1S/C11H11NO4S/c13-10-6-5-8-3-1-2-4-9(8)11(10)12-7-16-17(14)15/h1-6,12-13H,7H2,(H,14,15)/p-1. The first-order valence-corrected chi connectivity index (χ1v) is 5.85. The second-order valence-corrected chi connectivity index (χ2v) is 3.97. The molecule has 0 saturated carbocycles. The fourth-order valence-electron chi connectivity index (χ4n) is 1.60. The van der Waals surface area contributed by atoms with Gasteiger partial charge in [-0.1, -0.05) is 30.3 Å². The molecule has 0 aromatic heterocycles. The molecule has 0 bridgehead atoms. The van der Waals surface area contributed by atoms with E-state index in [9.17, 15) is 13.9 Å². The Morgan fingerprint density at radius 1 is 1.29 bits per heavy atom. The first-order valence-electron chi connectivity index (χ1n) is 4.85. The topological polar surface area (TPSA) is 81.6 Å². The summed E-state index contributed by atoms with van der Waals surface area (Å²) in [7, 11) is 0. The van der Waals surface area contributed by atoms with Gasteiger partial charge in [0, 0.05) is 5.39 Å². The summed E-state index contributed by atoms with van der Waals surface area (Å²) in [4.78, 5) is 0. The Morgan fingerprint density at radius 3 is 2.82 bits per heavy atom. The highest BCUT2D eigenvalue weighted by molar-refractivity contribution is 7.74. The van der Waals surface area contributed by atoms with Crippen molar-refractivity contribution in [3.8, 4) is 5.75 Å². The highest BCUT2D eigenvalue weighted by atomic mass is 32.2. The monoisotopic (exact) mass is 252 g/mol. The third-order valence-electron chi connectivity index (χ3n) is 2.31. The third-order valence-corrected chi connectivity index (χ3v) is 2.62. The number of rotatable bonds is 4. The molecule has 0 aliphatic carbocycles. The number of fused-ring (bicyclic) bond motifs is 1. The van der Waals surface area contributed by atoms with E-state index in [2.05, 4.69) is 9.50 Å². The predicted octanol–water partition coefficient (Wildman–Crippen LogP) is 1.73. The molecule has 0 aliphatic heterocycles. The number of hydrogen-bond acceptors (Lipinski definition) is 5. The van der Waals surface area contributed by atoms with E-state index in [1.54, 1.807) is 12.1 Å². The largest absolute Gasteiger partial charge is 0.750 e. The second kappa shape index (κ2) is 5.13. The minimum Gasteiger partial charge on any atom is -0.750 e. The predicted molar refractivity (Wildman–Crippen MR) is 64.1 cm³/mol. The van der Waals surface area contributed by atoms with Crippen LogP contribution in [0.15, 0.2) is 36.4 Å². The van der Waals surface area contributed by atoms with E-state index in [1.165, 1.54) is 0 Å². The Bertz CT molecular complexity index is 558. The van der Waals surface area contributed by atoms with Crippen LogP contribution in [0.3, 0.4) is 0 Å². The highest BCUT2D eigenvalue weighted by Gasteiger charge is 2.05. The van der Waals surface area contributed by atoms with Gasteiger partial charge < -0.3 is 15.0 Å². The molecule has 0 aliphatic rings. The van der Waals surface area contributed by atoms with Gasteiger partial charge in [-0.05, 0) is 11.5 Å². The molecule has 1 unspecified atom stereocenters. The number of hydrogen-bond donors (Lipinski definition) is 2. The van der Waals surface area contributed by atoms with Gasteiger partial charge in [-0.2, -0.15) is 0 Å². The molecule has 17 heavy (non-hydrogen) atoms. The molecule has 1 atom stereocenters. The van der Waals surface area contributed by atoms with Crippen molar-refractivity contribution in [2.75, 3.05) is 12.0 Å². The van der Waals surface area contributed by atoms with Gasteiger partial charge >= 0.3 is 0 Å². The maximum absolute atomic E-state index is 10.2. The number of phenolic OH excluding ortho intramolecular Hbond substituents is 1. The molecule has 0 fully saturated rings. The minimum atomic E-state index is -2.57. The van der Waals surface area contributed by atoms with Crippen molar-refractivity contribution in [3.63, 3.8) is 0 Å². The van der Waals surface area contributed by atoms with Crippen molar-refractivity contribution in [3.05, 3.63) is 36.4 Å². The van der Waals surface area contributed by atoms with Gasteiger partial charge in [0.1, 0.15) is 12.5 Å². The summed E-state index contributed by atoms with van der Waals surface area (Å²) >= 11 is -2.57. The number of benzene rings is 2. The average Bonchev–Trinajstić information content (AvgIpc) is 2.32. The van der Waals surface area contributed by atoms with Gasteiger partial charge in [0.05, 0.1) is 17.0 Å². The summed E-state index contributed by atoms with van der Waals surface area (Å²) in [5.41, 5.74) is 0.452. The van der Waals surface area contributed by atoms with Crippen molar-refractivity contribution in [1.82, 2.24) is 0 Å². The molecule has 0 saturated heterocycles. The van der Waals surface area contributed by atoms with Gasteiger partial charge in [0.25, 0.3) is 0 Å². The minimum absolute atomic E-state index is 0.0454. The Labute approximate surface area is 101 Å². The zero-order valence-electron chi connectivity index (χ0n) is 8.75. The summed E-state index contributed by atoms with van der Waals surface area (Å²) in [6.07, 6.45) is 0. The van der Waals surface area contributed by atoms with Crippen LogP contribution in [-0.4, -0.2) is 20.6 Å². The summed E-state index contributed by atoms with van der Waals surface area (Å²) in [6.45, 7) is -0.225. The molecule has 2 aromatic rings. The van der Waals surface area contributed by atoms with E-state index in [4.69, 9.17) is 0 Å². The molecule has 0 heterocycles. The first kappa shape index (κ1) is 11.8. The number of phenols is 1. The SMILES string of the molecule is O=S([O-])OCNc1c(O)ccc2ccccc12. The van der Waals surface area contributed by atoms with E-state index in [-0.39, 0.29) is 12.5 Å². The molecule has 0 spiro atoms. The van der Waals surface area contributed by atoms with Crippen molar-refractivity contribution < 1.29 is 18.1 Å². The Kier molecular flexibility index (Phi) is 3.58. The van der Waals surface area contributed by atoms with Crippen molar-refractivity contribution in [1.29, 1.82) is 0 Å². The lowest BCUT2D eigenvalue weighted by atomic mass is 10.1. The third kappa shape index (κ3) is 2.73. The Hall–Kier alpha value is -1.63. The van der Waals surface area contributed by atoms with E-state index < -0.39 is 11.4 Å². The molecule has 6 heteroatoms.